The maximum absolute atomic E-state index is 11.4. The van der Waals surface area contributed by atoms with Gasteiger partial charge in [0.15, 0.2) is 0 Å². The summed E-state index contributed by atoms with van der Waals surface area (Å²) in [6, 6.07) is 1.98. The molecule has 0 bridgehead atoms. The zero-order chi connectivity index (χ0) is 9.84. The minimum atomic E-state index is -0.257. The molecule has 0 atom stereocenters. The molecule has 1 rings (SSSR count). The van der Waals surface area contributed by atoms with Crippen LogP contribution >= 0.6 is 0 Å². The maximum atomic E-state index is 11.4. The highest BCUT2D eigenvalue weighted by atomic mass is 16.5. The number of rotatable bonds is 3. The van der Waals surface area contributed by atoms with Gasteiger partial charge in [-0.2, -0.15) is 0 Å². The second-order valence-electron chi connectivity index (χ2n) is 2.93. The topological polar surface area (TPSA) is 42.1 Å². The Balaban J connectivity index is 2.91. The van der Waals surface area contributed by atoms with Crippen LogP contribution in [-0.2, 0) is 11.2 Å². The van der Waals surface area contributed by atoms with E-state index >= 15 is 0 Å². The fraction of sp³-hybridized carbons (Fsp3) is 0.500. The van der Waals surface area contributed by atoms with Crippen LogP contribution in [0.25, 0.3) is 0 Å². The van der Waals surface area contributed by atoms with E-state index in [2.05, 4.69) is 4.98 Å². The number of aromatic nitrogens is 1. The summed E-state index contributed by atoms with van der Waals surface area (Å²) in [5, 5.41) is 0. The van der Waals surface area contributed by atoms with Crippen molar-refractivity contribution in [2.24, 2.45) is 0 Å². The minimum absolute atomic E-state index is 0.257. The lowest BCUT2D eigenvalue weighted by Crippen LogP contribution is -2.07. The Bertz CT molecular complexity index is 302. The normalized spacial score (nSPS) is 10.1. The van der Waals surface area contributed by atoms with Crippen molar-refractivity contribution in [3.8, 4) is 0 Å². The molecule has 3 heteroatoms. The third kappa shape index (κ3) is 2.11. The monoisotopic (exact) mass is 181 g/mol. The average Bonchev–Trinajstić information content (AvgIpc) is 2.47. The number of hydrogen-bond acceptors (Lipinski definition) is 2. The molecule has 0 amide bonds. The van der Waals surface area contributed by atoms with E-state index in [1.54, 1.807) is 6.92 Å². The molecule has 0 fully saturated rings. The third-order valence-electron chi connectivity index (χ3n) is 1.89. The van der Waals surface area contributed by atoms with Crippen LogP contribution in [0.4, 0.5) is 0 Å². The first-order valence-electron chi connectivity index (χ1n) is 4.54. The number of aryl methyl sites for hydroxylation is 2. The van der Waals surface area contributed by atoms with E-state index < -0.39 is 0 Å². The van der Waals surface area contributed by atoms with Gasteiger partial charge in [-0.05, 0) is 31.9 Å². The lowest BCUT2D eigenvalue weighted by atomic mass is 10.2. The Kier molecular flexibility index (Phi) is 3.12. The van der Waals surface area contributed by atoms with E-state index in [0.717, 1.165) is 17.7 Å². The molecular formula is C10H15NO2. The van der Waals surface area contributed by atoms with Crippen molar-refractivity contribution < 1.29 is 9.53 Å². The summed E-state index contributed by atoms with van der Waals surface area (Å²) in [5.74, 6) is -0.257. The van der Waals surface area contributed by atoms with Crippen LogP contribution in [0.2, 0.25) is 0 Å². The molecule has 1 heterocycles. The molecule has 0 aliphatic carbocycles. The van der Waals surface area contributed by atoms with E-state index in [9.17, 15) is 4.79 Å². The van der Waals surface area contributed by atoms with Crippen molar-refractivity contribution in [3.05, 3.63) is 23.0 Å². The summed E-state index contributed by atoms with van der Waals surface area (Å²) >= 11 is 0. The number of ether oxygens (including phenoxy) is 1. The fourth-order valence-corrected chi connectivity index (χ4v) is 1.31. The summed E-state index contributed by atoms with van der Waals surface area (Å²) < 4.78 is 4.91. The summed E-state index contributed by atoms with van der Waals surface area (Å²) in [5.41, 5.74) is 2.62. The molecule has 3 nitrogen and oxygen atoms in total. The van der Waals surface area contributed by atoms with Crippen LogP contribution in [0.15, 0.2) is 6.07 Å². The number of aromatic amines is 1. The van der Waals surface area contributed by atoms with Crippen LogP contribution in [0.3, 0.4) is 0 Å². The van der Waals surface area contributed by atoms with Gasteiger partial charge in [-0.1, -0.05) is 6.92 Å². The Morgan fingerprint density at radius 3 is 2.77 bits per heavy atom. The van der Waals surface area contributed by atoms with Gasteiger partial charge >= 0.3 is 5.97 Å². The predicted molar refractivity (Wildman–Crippen MR) is 50.9 cm³/mol. The van der Waals surface area contributed by atoms with E-state index in [1.807, 2.05) is 19.9 Å². The summed E-state index contributed by atoms with van der Waals surface area (Å²) in [6.45, 7) is 6.17. The molecule has 0 aliphatic rings. The number of esters is 1. The quantitative estimate of drug-likeness (QED) is 0.725. The van der Waals surface area contributed by atoms with Crippen LogP contribution in [-0.4, -0.2) is 17.6 Å². The maximum Gasteiger partial charge on any atom is 0.355 e. The van der Waals surface area contributed by atoms with Crippen molar-refractivity contribution in [3.63, 3.8) is 0 Å². The molecule has 1 aromatic heterocycles. The van der Waals surface area contributed by atoms with Gasteiger partial charge in [-0.15, -0.1) is 0 Å². The summed E-state index contributed by atoms with van der Waals surface area (Å²) in [4.78, 5) is 14.4. The number of hydrogen-bond donors (Lipinski definition) is 1. The molecule has 0 saturated carbocycles. The van der Waals surface area contributed by atoms with Crippen molar-refractivity contribution in [2.45, 2.75) is 27.2 Å². The molecule has 72 valence electrons. The number of carbonyl (C=O) groups is 1. The number of carbonyl (C=O) groups excluding carboxylic acids is 1. The van der Waals surface area contributed by atoms with Gasteiger partial charge in [0.25, 0.3) is 0 Å². The Labute approximate surface area is 78.1 Å². The smallest absolute Gasteiger partial charge is 0.355 e. The summed E-state index contributed by atoms with van der Waals surface area (Å²) in [6.07, 6.45) is 0.846. The first-order chi connectivity index (χ1) is 6.19. The Hall–Kier alpha value is -1.25. The lowest BCUT2D eigenvalue weighted by molar-refractivity contribution is 0.0519. The van der Waals surface area contributed by atoms with Gasteiger partial charge in [-0.25, -0.2) is 4.79 Å². The van der Waals surface area contributed by atoms with Gasteiger partial charge in [0, 0.05) is 5.69 Å². The molecule has 13 heavy (non-hydrogen) atoms. The fourth-order valence-electron chi connectivity index (χ4n) is 1.31. The van der Waals surface area contributed by atoms with E-state index in [1.165, 1.54) is 0 Å². The predicted octanol–water partition coefficient (Wildman–Crippen LogP) is 2.06. The molecule has 0 spiro atoms. The molecule has 0 saturated heterocycles. The first-order valence-corrected chi connectivity index (χ1v) is 4.54. The van der Waals surface area contributed by atoms with E-state index in [4.69, 9.17) is 4.74 Å². The first kappa shape index (κ1) is 9.84. The molecular weight excluding hydrogens is 166 g/mol. The van der Waals surface area contributed by atoms with Crippen LogP contribution in [0, 0.1) is 6.92 Å². The SMILES string of the molecule is CCOC(=O)c1[nH]c(C)cc1CC. The van der Waals surface area contributed by atoms with Gasteiger partial charge in [-0.3, -0.25) is 0 Å². The minimum Gasteiger partial charge on any atom is -0.461 e. The van der Waals surface area contributed by atoms with Gasteiger partial charge < -0.3 is 9.72 Å². The molecule has 0 aromatic carbocycles. The number of H-pyrrole nitrogens is 1. The Morgan fingerprint density at radius 1 is 1.54 bits per heavy atom. The molecule has 0 radical (unpaired) electrons. The largest absolute Gasteiger partial charge is 0.461 e. The van der Waals surface area contributed by atoms with Gasteiger partial charge in [0.2, 0.25) is 0 Å². The van der Waals surface area contributed by atoms with Crippen molar-refractivity contribution >= 4 is 5.97 Å². The molecule has 1 aromatic rings. The average molecular weight is 181 g/mol. The lowest BCUT2D eigenvalue weighted by Gasteiger charge is -2.00. The molecule has 0 unspecified atom stereocenters. The van der Waals surface area contributed by atoms with E-state index in [0.29, 0.717) is 12.3 Å². The van der Waals surface area contributed by atoms with Crippen molar-refractivity contribution in [2.75, 3.05) is 6.61 Å². The summed E-state index contributed by atoms with van der Waals surface area (Å²) in [7, 11) is 0. The Morgan fingerprint density at radius 2 is 2.23 bits per heavy atom. The zero-order valence-corrected chi connectivity index (χ0v) is 8.31. The van der Waals surface area contributed by atoms with Crippen LogP contribution < -0.4 is 0 Å². The van der Waals surface area contributed by atoms with Crippen molar-refractivity contribution in [1.82, 2.24) is 4.98 Å². The van der Waals surface area contributed by atoms with Gasteiger partial charge in [0.05, 0.1) is 6.61 Å². The van der Waals surface area contributed by atoms with Crippen LogP contribution in [0.5, 0.6) is 0 Å². The van der Waals surface area contributed by atoms with Crippen LogP contribution in [0.1, 0.15) is 35.6 Å². The third-order valence-corrected chi connectivity index (χ3v) is 1.89. The highest BCUT2D eigenvalue weighted by molar-refractivity contribution is 5.89. The number of nitrogens with one attached hydrogen (secondary N) is 1. The second kappa shape index (κ2) is 4.12. The van der Waals surface area contributed by atoms with Gasteiger partial charge in [0.1, 0.15) is 5.69 Å². The van der Waals surface area contributed by atoms with E-state index in [-0.39, 0.29) is 5.97 Å². The standard InChI is InChI=1S/C10H15NO2/c1-4-8-6-7(3)11-9(8)10(12)13-5-2/h6,11H,4-5H2,1-3H3. The molecule has 0 aliphatic heterocycles. The zero-order valence-electron chi connectivity index (χ0n) is 8.31. The highest BCUT2D eigenvalue weighted by Gasteiger charge is 2.13. The van der Waals surface area contributed by atoms with Crippen molar-refractivity contribution in [1.29, 1.82) is 0 Å². The molecule has 1 N–H and O–H groups in total. The highest BCUT2D eigenvalue weighted by Crippen LogP contribution is 2.12. The second-order valence-corrected chi connectivity index (χ2v) is 2.93.